The molecule has 4 nitrogen and oxygen atoms in total. The van der Waals surface area contributed by atoms with Crippen LogP contribution in [0.5, 0.6) is 0 Å². The Bertz CT molecular complexity index is 393. The Balaban J connectivity index is 1.98. The third-order valence-electron chi connectivity index (χ3n) is 3.57. The molecule has 98 valence electrons. The number of carbonyl (C=O) groups excluding carboxylic acids is 1. The number of piperidine rings is 1. The highest BCUT2D eigenvalue weighted by Crippen LogP contribution is 2.18. The maximum atomic E-state index is 12.3. The van der Waals surface area contributed by atoms with Crippen LogP contribution in [0.2, 0.25) is 0 Å². The first kappa shape index (κ1) is 13.0. The van der Waals surface area contributed by atoms with Crippen LogP contribution in [-0.2, 0) is 0 Å². The van der Waals surface area contributed by atoms with Gasteiger partial charge in [0.1, 0.15) is 0 Å². The minimum absolute atomic E-state index is 0.102. The first-order chi connectivity index (χ1) is 8.72. The first-order valence-corrected chi connectivity index (χ1v) is 6.65. The fourth-order valence-electron chi connectivity index (χ4n) is 2.57. The van der Waals surface area contributed by atoms with Crippen molar-refractivity contribution in [3.8, 4) is 0 Å². The SMILES string of the molecule is CCNC1CCN(C(=O)c2cccnc2)CC1C. The predicted molar refractivity (Wildman–Crippen MR) is 71.4 cm³/mol. The molecule has 4 heteroatoms. The molecular weight excluding hydrogens is 226 g/mol. The van der Waals surface area contributed by atoms with Gasteiger partial charge in [-0.05, 0) is 31.0 Å². The number of likely N-dealkylation sites (tertiary alicyclic amines) is 1. The molecule has 1 fully saturated rings. The van der Waals surface area contributed by atoms with E-state index in [2.05, 4.69) is 24.1 Å². The fraction of sp³-hybridized carbons (Fsp3) is 0.571. The van der Waals surface area contributed by atoms with Crippen molar-refractivity contribution in [2.75, 3.05) is 19.6 Å². The molecule has 2 heterocycles. The minimum Gasteiger partial charge on any atom is -0.338 e. The Morgan fingerprint density at radius 1 is 1.61 bits per heavy atom. The zero-order valence-corrected chi connectivity index (χ0v) is 11.1. The summed E-state index contributed by atoms with van der Waals surface area (Å²) in [7, 11) is 0. The Morgan fingerprint density at radius 2 is 2.44 bits per heavy atom. The van der Waals surface area contributed by atoms with Gasteiger partial charge in [-0.2, -0.15) is 0 Å². The van der Waals surface area contributed by atoms with Crippen LogP contribution in [0.4, 0.5) is 0 Å². The monoisotopic (exact) mass is 247 g/mol. The lowest BCUT2D eigenvalue weighted by atomic mass is 9.93. The molecule has 1 aliphatic heterocycles. The molecule has 0 saturated carbocycles. The molecule has 0 aliphatic carbocycles. The summed E-state index contributed by atoms with van der Waals surface area (Å²) in [6.07, 6.45) is 4.36. The van der Waals surface area contributed by atoms with Gasteiger partial charge >= 0.3 is 0 Å². The normalized spacial score (nSPS) is 24.0. The van der Waals surface area contributed by atoms with Gasteiger partial charge < -0.3 is 10.2 Å². The van der Waals surface area contributed by atoms with Gasteiger partial charge in [-0.15, -0.1) is 0 Å². The van der Waals surface area contributed by atoms with Gasteiger partial charge in [0.05, 0.1) is 5.56 Å². The molecule has 1 amide bonds. The van der Waals surface area contributed by atoms with E-state index in [0.29, 0.717) is 17.5 Å². The second-order valence-corrected chi connectivity index (χ2v) is 4.92. The third-order valence-corrected chi connectivity index (χ3v) is 3.57. The van der Waals surface area contributed by atoms with E-state index in [-0.39, 0.29) is 5.91 Å². The van der Waals surface area contributed by atoms with Crippen molar-refractivity contribution in [2.45, 2.75) is 26.3 Å². The third kappa shape index (κ3) is 2.88. The molecule has 1 N–H and O–H groups in total. The number of aromatic nitrogens is 1. The van der Waals surface area contributed by atoms with Gasteiger partial charge in [0.25, 0.3) is 5.91 Å². The maximum absolute atomic E-state index is 12.3. The van der Waals surface area contributed by atoms with Crippen LogP contribution in [0.25, 0.3) is 0 Å². The number of carbonyl (C=O) groups is 1. The van der Waals surface area contributed by atoms with E-state index < -0.39 is 0 Å². The van der Waals surface area contributed by atoms with Gasteiger partial charge in [-0.1, -0.05) is 13.8 Å². The topological polar surface area (TPSA) is 45.2 Å². The number of amides is 1. The lowest BCUT2D eigenvalue weighted by Crippen LogP contribution is -2.50. The van der Waals surface area contributed by atoms with E-state index in [0.717, 1.165) is 26.1 Å². The molecule has 1 aliphatic rings. The summed E-state index contributed by atoms with van der Waals surface area (Å²) in [5.74, 6) is 0.601. The minimum atomic E-state index is 0.102. The van der Waals surface area contributed by atoms with Gasteiger partial charge in [0.2, 0.25) is 0 Å². The molecule has 0 spiro atoms. The van der Waals surface area contributed by atoms with Crippen molar-refractivity contribution < 1.29 is 4.79 Å². The summed E-state index contributed by atoms with van der Waals surface area (Å²) < 4.78 is 0. The number of hydrogen-bond acceptors (Lipinski definition) is 3. The van der Waals surface area contributed by atoms with Crippen LogP contribution in [0.1, 0.15) is 30.6 Å². The number of nitrogens with one attached hydrogen (secondary N) is 1. The van der Waals surface area contributed by atoms with Crippen LogP contribution in [0.15, 0.2) is 24.5 Å². The summed E-state index contributed by atoms with van der Waals surface area (Å²) in [4.78, 5) is 18.2. The molecule has 1 saturated heterocycles. The van der Waals surface area contributed by atoms with E-state index in [9.17, 15) is 4.79 Å². The molecule has 0 bridgehead atoms. The van der Waals surface area contributed by atoms with Gasteiger partial charge in [-0.25, -0.2) is 0 Å². The summed E-state index contributed by atoms with van der Waals surface area (Å²) in [6.45, 7) is 6.97. The average molecular weight is 247 g/mol. The van der Waals surface area contributed by atoms with Gasteiger partial charge in [0.15, 0.2) is 0 Å². The highest BCUT2D eigenvalue weighted by Gasteiger charge is 2.28. The Kier molecular flexibility index (Phi) is 4.31. The van der Waals surface area contributed by atoms with Crippen LogP contribution >= 0.6 is 0 Å². The highest BCUT2D eigenvalue weighted by atomic mass is 16.2. The largest absolute Gasteiger partial charge is 0.338 e. The van der Waals surface area contributed by atoms with E-state index >= 15 is 0 Å². The molecule has 0 aromatic carbocycles. The highest BCUT2D eigenvalue weighted by molar-refractivity contribution is 5.93. The smallest absolute Gasteiger partial charge is 0.255 e. The number of pyridine rings is 1. The van der Waals surface area contributed by atoms with Gasteiger partial charge in [-0.3, -0.25) is 9.78 Å². The standard InChI is InChI=1S/C14H21N3O/c1-3-16-13-6-8-17(10-11(13)2)14(18)12-5-4-7-15-9-12/h4-5,7,9,11,13,16H,3,6,8,10H2,1-2H3. The molecule has 2 rings (SSSR count). The number of hydrogen-bond donors (Lipinski definition) is 1. The molecule has 1 aromatic heterocycles. The first-order valence-electron chi connectivity index (χ1n) is 6.65. The lowest BCUT2D eigenvalue weighted by molar-refractivity contribution is 0.0646. The van der Waals surface area contributed by atoms with Crippen molar-refractivity contribution in [1.29, 1.82) is 0 Å². The van der Waals surface area contributed by atoms with Crippen LogP contribution < -0.4 is 5.32 Å². The van der Waals surface area contributed by atoms with E-state index in [1.807, 2.05) is 17.0 Å². The van der Waals surface area contributed by atoms with Crippen molar-refractivity contribution in [1.82, 2.24) is 15.2 Å². The van der Waals surface area contributed by atoms with E-state index in [1.165, 1.54) is 0 Å². The second-order valence-electron chi connectivity index (χ2n) is 4.92. The van der Waals surface area contributed by atoms with Crippen LogP contribution in [0, 0.1) is 5.92 Å². The van der Waals surface area contributed by atoms with Crippen molar-refractivity contribution >= 4 is 5.91 Å². The van der Waals surface area contributed by atoms with Crippen LogP contribution in [-0.4, -0.2) is 41.5 Å². The zero-order valence-electron chi connectivity index (χ0n) is 11.1. The molecule has 2 unspecified atom stereocenters. The summed E-state index contributed by atoms with van der Waals surface area (Å²) >= 11 is 0. The Morgan fingerprint density at radius 3 is 3.06 bits per heavy atom. The number of nitrogens with zero attached hydrogens (tertiary/aromatic N) is 2. The Hall–Kier alpha value is -1.42. The van der Waals surface area contributed by atoms with Crippen molar-refractivity contribution in [2.24, 2.45) is 5.92 Å². The predicted octanol–water partition coefficient (Wildman–Crippen LogP) is 1.54. The number of rotatable bonds is 3. The van der Waals surface area contributed by atoms with E-state index in [1.54, 1.807) is 12.4 Å². The maximum Gasteiger partial charge on any atom is 0.255 e. The van der Waals surface area contributed by atoms with Gasteiger partial charge in [0, 0.05) is 31.5 Å². The summed E-state index contributed by atoms with van der Waals surface area (Å²) in [5.41, 5.74) is 0.687. The van der Waals surface area contributed by atoms with E-state index in [4.69, 9.17) is 0 Å². The molecule has 1 aromatic rings. The summed E-state index contributed by atoms with van der Waals surface area (Å²) in [5, 5.41) is 3.48. The molecule has 2 atom stereocenters. The fourth-order valence-corrected chi connectivity index (χ4v) is 2.57. The zero-order chi connectivity index (χ0) is 13.0. The van der Waals surface area contributed by atoms with Crippen LogP contribution in [0.3, 0.4) is 0 Å². The molecular formula is C14H21N3O. The summed E-state index contributed by atoms with van der Waals surface area (Å²) in [6, 6.07) is 4.17. The van der Waals surface area contributed by atoms with Crippen molar-refractivity contribution in [3.05, 3.63) is 30.1 Å². The average Bonchev–Trinajstić information content (AvgIpc) is 2.41. The Labute approximate surface area is 108 Å². The molecule has 0 radical (unpaired) electrons. The van der Waals surface area contributed by atoms with Crippen molar-refractivity contribution in [3.63, 3.8) is 0 Å². The lowest BCUT2D eigenvalue weighted by Gasteiger charge is -2.37. The second kappa shape index (κ2) is 5.96. The quantitative estimate of drug-likeness (QED) is 0.881. The molecule has 18 heavy (non-hydrogen) atoms.